The van der Waals surface area contributed by atoms with Crippen LogP contribution >= 0.6 is 0 Å². The van der Waals surface area contributed by atoms with Crippen molar-refractivity contribution < 1.29 is 9.59 Å². The molecular weight excluding hydrogens is 228 g/mol. The molecule has 1 atom stereocenters. The Morgan fingerprint density at radius 1 is 1.22 bits per heavy atom. The topological polar surface area (TPSA) is 58.2 Å². The molecule has 0 aliphatic heterocycles. The summed E-state index contributed by atoms with van der Waals surface area (Å²) in [7, 11) is 1.74. The number of likely N-dealkylation sites (N-methyl/N-ethyl adjacent to an activating group) is 1. The van der Waals surface area contributed by atoms with Gasteiger partial charge in [-0.05, 0) is 32.2 Å². The first-order valence-electron chi connectivity index (χ1n) is 7.15. The van der Waals surface area contributed by atoms with Crippen LogP contribution in [-0.2, 0) is 9.59 Å². The maximum Gasteiger partial charge on any atom is 0.234 e. The zero-order valence-electron chi connectivity index (χ0n) is 11.6. The third-order valence-corrected chi connectivity index (χ3v) is 3.62. The first-order valence-corrected chi connectivity index (χ1v) is 7.15. The molecule has 0 spiro atoms. The van der Waals surface area contributed by atoms with Crippen LogP contribution in [0.5, 0.6) is 0 Å². The Morgan fingerprint density at radius 3 is 2.44 bits per heavy atom. The van der Waals surface area contributed by atoms with Crippen molar-refractivity contribution in [3.8, 4) is 0 Å². The van der Waals surface area contributed by atoms with Gasteiger partial charge in [-0.1, -0.05) is 26.2 Å². The van der Waals surface area contributed by atoms with Crippen molar-refractivity contribution >= 4 is 11.7 Å². The minimum absolute atomic E-state index is 0.0717. The molecule has 1 amide bonds. The lowest BCUT2D eigenvalue weighted by molar-refractivity contribution is -0.129. The molecule has 18 heavy (non-hydrogen) atoms. The minimum atomic E-state index is -0.258. The van der Waals surface area contributed by atoms with Crippen LogP contribution in [0.25, 0.3) is 0 Å². The van der Waals surface area contributed by atoms with Crippen molar-refractivity contribution in [3.63, 3.8) is 0 Å². The molecule has 1 fully saturated rings. The van der Waals surface area contributed by atoms with Crippen LogP contribution in [-0.4, -0.2) is 31.3 Å². The van der Waals surface area contributed by atoms with Gasteiger partial charge in [-0.15, -0.1) is 0 Å². The summed E-state index contributed by atoms with van der Waals surface area (Å²) in [5.41, 5.74) is 0. The molecule has 0 aromatic rings. The zero-order valence-corrected chi connectivity index (χ0v) is 11.6. The second-order valence-corrected chi connectivity index (χ2v) is 5.19. The Balaban J connectivity index is 2.61. The fourth-order valence-electron chi connectivity index (χ4n) is 2.72. The average Bonchev–Trinajstić information content (AvgIpc) is 2.37. The highest BCUT2D eigenvalue weighted by Crippen LogP contribution is 2.27. The molecule has 1 aliphatic rings. The molecule has 1 unspecified atom stereocenters. The molecule has 0 aromatic carbocycles. The Hall–Kier alpha value is -0.900. The maximum atomic E-state index is 12.1. The number of hydrogen-bond donors (Lipinski definition) is 2. The van der Waals surface area contributed by atoms with Crippen LogP contribution in [0.4, 0.5) is 0 Å². The molecule has 1 aliphatic carbocycles. The van der Waals surface area contributed by atoms with Gasteiger partial charge in [0, 0.05) is 6.42 Å². The highest BCUT2D eigenvalue weighted by Gasteiger charge is 2.29. The van der Waals surface area contributed by atoms with Crippen molar-refractivity contribution in [1.82, 2.24) is 10.6 Å². The quantitative estimate of drug-likeness (QED) is 0.726. The first kappa shape index (κ1) is 15.2. The molecular formula is C14H26N2O2. The summed E-state index contributed by atoms with van der Waals surface area (Å²) in [5.74, 6) is 0.477. The molecule has 0 saturated heterocycles. The molecule has 104 valence electrons. The van der Waals surface area contributed by atoms with Gasteiger partial charge in [0.2, 0.25) is 5.91 Å². The Labute approximate surface area is 110 Å². The fraction of sp³-hybridized carbons (Fsp3) is 0.857. The van der Waals surface area contributed by atoms with E-state index >= 15 is 0 Å². The predicted octanol–water partition coefficient (Wildman–Crippen LogP) is 1.64. The molecule has 0 bridgehead atoms. The third-order valence-electron chi connectivity index (χ3n) is 3.62. The van der Waals surface area contributed by atoms with E-state index in [-0.39, 0.29) is 24.3 Å². The number of ketones is 1. The Kier molecular flexibility index (Phi) is 6.94. The monoisotopic (exact) mass is 254 g/mol. The fourth-order valence-corrected chi connectivity index (χ4v) is 2.72. The van der Waals surface area contributed by atoms with Crippen molar-refractivity contribution in [2.24, 2.45) is 5.92 Å². The van der Waals surface area contributed by atoms with Crippen LogP contribution in [0.1, 0.15) is 51.9 Å². The molecule has 1 saturated carbocycles. The van der Waals surface area contributed by atoms with E-state index < -0.39 is 0 Å². The SMILES string of the molecule is CCCC(=O)C(NC(=O)CNC)C1CCCCC1. The minimum Gasteiger partial charge on any atom is -0.345 e. The maximum absolute atomic E-state index is 12.1. The first-order chi connectivity index (χ1) is 8.69. The van der Waals surface area contributed by atoms with Gasteiger partial charge in [0.15, 0.2) is 5.78 Å². The van der Waals surface area contributed by atoms with Gasteiger partial charge in [-0.25, -0.2) is 0 Å². The second kappa shape index (κ2) is 8.25. The largest absolute Gasteiger partial charge is 0.345 e. The molecule has 0 heterocycles. The smallest absolute Gasteiger partial charge is 0.234 e. The van der Waals surface area contributed by atoms with Crippen LogP contribution in [0.15, 0.2) is 0 Å². The number of carbonyl (C=O) groups is 2. The van der Waals surface area contributed by atoms with Gasteiger partial charge < -0.3 is 10.6 Å². The number of carbonyl (C=O) groups excluding carboxylic acids is 2. The van der Waals surface area contributed by atoms with Gasteiger partial charge in [-0.2, -0.15) is 0 Å². The van der Waals surface area contributed by atoms with E-state index in [1.54, 1.807) is 7.05 Å². The van der Waals surface area contributed by atoms with Crippen molar-refractivity contribution in [2.45, 2.75) is 57.9 Å². The van der Waals surface area contributed by atoms with Crippen molar-refractivity contribution in [3.05, 3.63) is 0 Å². The number of Topliss-reactive ketones (excluding diaryl/α,β-unsaturated/α-hetero) is 1. The Morgan fingerprint density at radius 2 is 1.89 bits per heavy atom. The summed E-state index contributed by atoms with van der Waals surface area (Å²) in [6.45, 7) is 2.29. The summed E-state index contributed by atoms with van der Waals surface area (Å²) in [4.78, 5) is 23.8. The van der Waals surface area contributed by atoms with E-state index in [0.717, 1.165) is 19.3 Å². The highest BCUT2D eigenvalue weighted by atomic mass is 16.2. The van der Waals surface area contributed by atoms with Crippen LogP contribution in [0, 0.1) is 5.92 Å². The normalized spacial score (nSPS) is 18.3. The predicted molar refractivity (Wildman–Crippen MR) is 72.3 cm³/mol. The highest BCUT2D eigenvalue weighted by molar-refractivity contribution is 5.89. The second-order valence-electron chi connectivity index (χ2n) is 5.19. The molecule has 0 radical (unpaired) electrons. The third kappa shape index (κ3) is 4.77. The lowest BCUT2D eigenvalue weighted by atomic mass is 9.81. The molecule has 0 aromatic heterocycles. The van der Waals surface area contributed by atoms with Crippen molar-refractivity contribution in [1.29, 1.82) is 0 Å². The van der Waals surface area contributed by atoms with Gasteiger partial charge in [0.25, 0.3) is 0 Å². The van der Waals surface area contributed by atoms with E-state index in [1.165, 1.54) is 19.3 Å². The number of hydrogen-bond acceptors (Lipinski definition) is 3. The van der Waals surface area contributed by atoms with E-state index in [2.05, 4.69) is 10.6 Å². The number of nitrogens with one attached hydrogen (secondary N) is 2. The zero-order chi connectivity index (χ0) is 13.4. The molecule has 1 rings (SSSR count). The van der Waals surface area contributed by atoms with E-state index in [4.69, 9.17) is 0 Å². The molecule has 4 nitrogen and oxygen atoms in total. The lowest BCUT2D eigenvalue weighted by Gasteiger charge is -2.30. The standard InChI is InChI=1S/C14H26N2O2/c1-3-7-12(17)14(16-13(18)10-15-2)11-8-5-4-6-9-11/h11,14-15H,3-10H2,1-2H3,(H,16,18). The van der Waals surface area contributed by atoms with Crippen LogP contribution < -0.4 is 10.6 Å². The van der Waals surface area contributed by atoms with Gasteiger partial charge in [0.1, 0.15) is 0 Å². The number of amides is 1. The molecule has 2 N–H and O–H groups in total. The van der Waals surface area contributed by atoms with Gasteiger partial charge in [-0.3, -0.25) is 9.59 Å². The lowest BCUT2D eigenvalue weighted by Crippen LogP contribution is -2.48. The summed E-state index contributed by atoms with van der Waals surface area (Å²) >= 11 is 0. The average molecular weight is 254 g/mol. The van der Waals surface area contributed by atoms with Crippen LogP contribution in [0.2, 0.25) is 0 Å². The van der Waals surface area contributed by atoms with E-state index in [1.807, 2.05) is 6.92 Å². The Bertz CT molecular complexity index is 273. The van der Waals surface area contributed by atoms with Crippen LogP contribution in [0.3, 0.4) is 0 Å². The molecule has 4 heteroatoms. The summed E-state index contributed by atoms with van der Waals surface area (Å²) < 4.78 is 0. The van der Waals surface area contributed by atoms with E-state index in [0.29, 0.717) is 12.3 Å². The summed E-state index contributed by atoms with van der Waals surface area (Å²) in [5, 5.41) is 5.74. The van der Waals surface area contributed by atoms with Crippen molar-refractivity contribution in [2.75, 3.05) is 13.6 Å². The van der Waals surface area contributed by atoms with Gasteiger partial charge >= 0.3 is 0 Å². The number of rotatable bonds is 7. The van der Waals surface area contributed by atoms with E-state index in [9.17, 15) is 9.59 Å². The summed E-state index contributed by atoms with van der Waals surface area (Å²) in [6, 6.07) is -0.258. The van der Waals surface area contributed by atoms with Gasteiger partial charge in [0.05, 0.1) is 12.6 Å². The summed E-state index contributed by atoms with van der Waals surface area (Å²) in [6.07, 6.45) is 7.19.